The second-order valence-electron chi connectivity index (χ2n) is 11.3. The summed E-state index contributed by atoms with van der Waals surface area (Å²) in [5.41, 5.74) is 3.39. The second kappa shape index (κ2) is 11.3. The quantitative estimate of drug-likeness (QED) is 0.229. The number of hydrogen-bond acceptors (Lipinski definition) is 5. The molecule has 220 valence electrons. The van der Waals surface area contributed by atoms with Crippen molar-refractivity contribution in [3.8, 4) is 34.1 Å². The average Bonchev–Trinajstić information content (AvgIpc) is 3.58. The minimum Gasteiger partial charge on any atom is -0.331 e. The summed E-state index contributed by atoms with van der Waals surface area (Å²) in [6.07, 6.45) is -0.256. The predicted molar refractivity (Wildman–Crippen MR) is 156 cm³/mol. The molecule has 0 fully saturated rings. The molecule has 3 aromatic heterocycles. The van der Waals surface area contributed by atoms with Crippen LogP contribution in [0.4, 0.5) is 19.1 Å². The minimum absolute atomic E-state index is 0.0561. The van der Waals surface area contributed by atoms with E-state index in [2.05, 4.69) is 26.6 Å². The van der Waals surface area contributed by atoms with Crippen LogP contribution in [0.15, 0.2) is 67.0 Å². The Kier molecular flexibility index (Phi) is 7.77. The van der Waals surface area contributed by atoms with E-state index < -0.39 is 11.7 Å². The van der Waals surface area contributed by atoms with E-state index >= 15 is 0 Å². The Balaban J connectivity index is 1.63. The van der Waals surface area contributed by atoms with Gasteiger partial charge in [0.05, 0.1) is 62.5 Å². The van der Waals surface area contributed by atoms with Crippen LogP contribution in [0.1, 0.15) is 29.5 Å². The highest BCUT2D eigenvalue weighted by atomic mass is 19.4. The fraction of sp³-hybridized carbons (Fsp3) is 0.258. The van der Waals surface area contributed by atoms with Gasteiger partial charge in [-0.25, -0.2) is 9.20 Å². The highest BCUT2D eigenvalue weighted by Crippen LogP contribution is 2.38. The molecule has 0 aliphatic carbocycles. The molecule has 0 aliphatic rings. The summed E-state index contributed by atoms with van der Waals surface area (Å²) < 4.78 is 45.0. The van der Waals surface area contributed by atoms with Crippen LogP contribution in [0.25, 0.3) is 33.7 Å². The molecule has 0 saturated heterocycles. The third-order valence-electron chi connectivity index (χ3n) is 7.01. The van der Waals surface area contributed by atoms with Gasteiger partial charge in [0.25, 0.3) is 0 Å². The first-order valence-corrected chi connectivity index (χ1v) is 13.6. The van der Waals surface area contributed by atoms with Crippen LogP contribution in [0.2, 0.25) is 0 Å². The number of quaternary nitrogens is 1. The molecule has 1 N–H and O–H groups in total. The standard InChI is InChI=1S/C31H29F3N8O/c1-20-25(26-14-15-36-41(26)24-12-10-21(18-35)11-13-24)19-40-29(28(20)22-7-5-8-23(17-22)31(32,33)34)38-30(39-40)37-27(43)9-6-16-42(2,3)4/h5,7-8,10-15,17,19H,6,9,16H2,1-4H3/p+1. The number of hydrogen-bond donors (Lipinski definition) is 1. The van der Waals surface area contributed by atoms with Crippen molar-refractivity contribution < 1.29 is 22.4 Å². The van der Waals surface area contributed by atoms with Gasteiger partial charge in [0.1, 0.15) is 0 Å². The largest absolute Gasteiger partial charge is 0.416 e. The highest BCUT2D eigenvalue weighted by molar-refractivity contribution is 5.91. The van der Waals surface area contributed by atoms with Gasteiger partial charge in [0, 0.05) is 30.2 Å². The lowest BCUT2D eigenvalue weighted by molar-refractivity contribution is -0.870. The van der Waals surface area contributed by atoms with Gasteiger partial charge in [-0.2, -0.15) is 28.5 Å². The number of nitrogens with zero attached hydrogens (tertiary/aromatic N) is 7. The van der Waals surface area contributed by atoms with Crippen LogP contribution in [0, 0.1) is 18.3 Å². The molecule has 0 unspecified atom stereocenters. The Morgan fingerprint density at radius 2 is 1.84 bits per heavy atom. The van der Waals surface area contributed by atoms with E-state index in [1.807, 2.05) is 21.1 Å². The normalized spacial score (nSPS) is 12.0. The van der Waals surface area contributed by atoms with E-state index in [1.165, 1.54) is 10.6 Å². The number of alkyl halides is 3. The average molecular weight is 588 g/mol. The molecule has 0 radical (unpaired) electrons. The van der Waals surface area contributed by atoms with Crippen LogP contribution in [0.5, 0.6) is 0 Å². The molecule has 43 heavy (non-hydrogen) atoms. The Labute approximate surface area is 246 Å². The number of anilines is 1. The maximum atomic E-state index is 13.7. The van der Waals surface area contributed by atoms with Gasteiger partial charge < -0.3 is 4.48 Å². The number of carbonyl (C=O) groups excluding carboxylic acids is 1. The highest BCUT2D eigenvalue weighted by Gasteiger charge is 2.31. The number of nitriles is 1. The minimum atomic E-state index is -4.54. The van der Waals surface area contributed by atoms with E-state index in [-0.39, 0.29) is 18.3 Å². The van der Waals surface area contributed by atoms with Crippen molar-refractivity contribution in [2.45, 2.75) is 25.9 Å². The number of carbonyl (C=O) groups is 1. The molecule has 0 aliphatic heterocycles. The molecular formula is C31H30F3N8O+. The zero-order chi connectivity index (χ0) is 30.9. The van der Waals surface area contributed by atoms with Gasteiger partial charge in [-0.15, -0.1) is 5.10 Å². The molecular weight excluding hydrogens is 557 g/mol. The molecule has 0 atom stereocenters. The fourth-order valence-electron chi connectivity index (χ4n) is 4.90. The maximum absolute atomic E-state index is 13.7. The molecule has 5 aromatic rings. The molecule has 3 heterocycles. The van der Waals surface area contributed by atoms with Crippen LogP contribution in [0.3, 0.4) is 0 Å². The van der Waals surface area contributed by atoms with Crippen molar-refractivity contribution in [2.24, 2.45) is 0 Å². The molecule has 0 saturated carbocycles. The van der Waals surface area contributed by atoms with E-state index in [0.29, 0.717) is 51.3 Å². The zero-order valence-corrected chi connectivity index (χ0v) is 24.1. The predicted octanol–water partition coefficient (Wildman–Crippen LogP) is 5.87. The van der Waals surface area contributed by atoms with Crippen molar-refractivity contribution in [1.82, 2.24) is 24.4 Å². The van der Waals surface area contributed by atoms with Crippen molar-refractivity contribution in [3.05, 3.63) is 83.7 Å². The van der Waals surface area contributed by atoms with Gasteiger partial charge in [0.2, 0.25) is 11.9 Å². The van der Waals surface area contributed by atoms with E-state index in [9.17, 15) is 23.2 Å². The summed E-state index contributed by atoms with van der Waals surface area (Å²) >= 11 is 0. The Morgan fingerprint density at radius 3 is 2.51 bits per heavy atom. The number of rotatable bonds is 8. The first-order chi connectivity index (χ1) is 20.3. The van der Waals surface area contributed by atoms with Gasteiger partial charge in [0.15, 0.2) is 5.65 Å². The van der Waals surface area contributed by atoms with Crippen LogP contribution >= 0.6 is 0 Å². The topological polar surface area (TPSA) is 101 Å². The summed E-state index contributed by atoms with van der Waals surface area (Å²) in [7, 11) is 6.14. The first kappa shape index (κ1) is 29.5. The van der Waals surface area contributed by atoms with Crippen molar-refractivity contribution >= 4 is 17.5 Å². The van der Waals surface area contributed by atoms with Crippen molar-refractivity contribution in [1.29, 1.82) is 5.26 Å². The Bertz CT molecular complexity index is 1840. The van der Waals surface area contributed by atoms with E-state index in [4.69, 9.17) is 0 Å². The third-order valence-corrected chi connectivity index (χ3v) is 7.01. The fourth-order valence-corrected chi connectivity index (χ4v) is 4.90. The number of benzene rings is 2. The summed E-state index contributed by atoms with van der Waals surface area (Å²) in [4.78, 5) is 17.2. The number of halogens is 3. The molecule has 1 amide bonds. The molecule has 0 bridgehead atoms. The summed E-state index contributed by atoms with van der Waals surface area (Å²) in [5, 5.41) is 20.9. The SMILES string of the molecule is Cc1c(-c2ccnn2-c2ccc(C#N)cc2)cn2nc(NC(=O)CCC[N+](C)(C)C)nc2c1-c1cccc(C(F)(F)F)c1. The zero-order valence-electron chi connectivity index (χ0n) is 24.1. The Morgan fingerprint density at radius 1 is 1.09 bits per heavy atom. The second-order valence-corrected chi connectivity index (χ2v) is 11.3. The summed E-state index contributed by atoms with van der Waals surface area (Å²) in [5.74, 6) is -0.193. The Hall–Kier alpha value is -5.02. The monoisotopic (exact) mass is 587 g/mol. The van der Waals surface area contributed by atoms with E-state index in [1.54, 1.807) is 60.4 Å². The van der Waals surface area contributed by atoms with Gasteiger partial charge >= 0.3 is 6.18 Å². The van der Waals surface area contributed by atoms with Gasteiger partial charge in [-0.3, -0.25) is 10.1 Å². The van der Waals surface area contributed by atoms with Gasteiger partial charge in [-0.1, -0.05) is 12.1 Å². The van der Waals surface area contributed by atoms with Crippen LogP contribution < -0.4 is 5.32 Å². The van der Waals surface area contributed by atoms with Crippen LogP contribution in [-0.2, 0) is 11.0 Å². The maximum Gasteiger partial charge on any atom is 0.416 e. The molecule has 0 spiro atoms. The first-order valence-electron chi connectivity index (χ1n) is 13.6. The molecule has 12 heteroatoms. The molecule has 9 nitrogen and oxygen atoms in total. The summed E-state index contributed by atoms with van der Waals surface area (Å²) in [6.45, 7) is 2.61. The number of aromatic nitrogens is 5. The smallest absolute Gasteiger partial charge is 0.331 e. The lowest BCUT2D eigenvalue weighted by Gasteiger charge is -2.23. The molecule has 5 rings (SSSR count). The van der Waals surface area contributed by atoms with Gasteiger partial charge in [-0.05, 0) is 60.5 Å². The van der Waals surface area contributed by atoms with Crippen LogP contribution in [-0.4, -0.2) is 62.5 Å². The number of nitrogens with one attached hydrogen (secondary N) is 1. The lowest BCUT2D eigenvalue weighted by Crippen LogP contribution is -2.35. The number of amides is 1. The van der Waals surface area contributed by atoms with E-state index in [0.717, 1.165) is 23.2 Å². The van der Waals surface area contributed by atoms with Crippen molar-refractivity contribution in [3.63, 3.8) is 0 Å². The number of fused-ring (bicyclic) bond motifs is 1. The summed E-state index contributed by atoms with van der Waals surface area (Å²) in [6, 6.07) is 15.8. The van der Waals surface area contributed by atoms with Crippen molar-refractivity contribution in [2.75, 3.05) is 33.0 Å². The lowest BCUT2D eigenvalue weighted by atomic mass is 9.95. The third kappa shape index (κ3) is 6.42. The number of pyridine rings is 1. The molecule has 2 aromatic carbocycles.